The van der Waals surface area contributed by atoms with Gasteiger partial charge in [0, 0.05) is 29.9 Å². The fourth-order valence-corrected chi connectivity index (χ4v) is 4.51. The number of ether oxygens (including phenoxy) is 2. The summed E-state index contributed by atoms with van der Waals surface area (Å²) in [4.78, 5) is 14.5. The van der Waals surface area contributed by atoms with Crippen LogP contribution in [0.15, 0.2) is 71.6 Å². The van der Waals surface area contributed by atoms with Crippen molar-refractivity contribution in [2.24, 2.45) is 0 Å². The average molecular weight is 473 g/mol. The molecule has 32 heavy (non-hydrogen) atoms. The van der Waals surface area contributed by atoms with Crippen LogP contribution in [0.1, 0.15) is 15.9 Å². The van der Waals surface area contributed by atoms with Gasteiger partial charge in [-0.25, -0.2) is 8.42 Å². The number of halogens is 1. The molecule has 0 unspecified atom stereocenters. The molecule has 3 aromatic carbocycles. The number of amides is 1. The summed E-state index contributed by atoms with van der Waals surface area (Å²) in [6, 6.07) is 17.8. The van der Waals surface area contributed by atoms with Gasteiger partial charge in [0.15, 0.2) is 11.5 Å². The Kier molecular flexibility index (Phi) is 6.25. The highest BCUT2D eigenvalue weighted by molar-refractivity contribution is 7.92. The van der Waals surface area contributed by atoms with Gasteiger partial charge in [-0.2, -0.15) is 0 Å². The van der Waals surface area contributed by atoms with Crippen LogP contribution < -0.4 is 14.2 Å². The number of carbonyl (C=O) groups excluding carboxylic acids is 1. The highest BCUT2D eigenvalue weighted by Gasteiger charge is 2.19. The van der Waals surface area contributed by atoms with Crippen LogP contribution >= 0.6 is 11.6 Å². The van der Waals surface area contributed by atoms with Gasteiger partial charge in [-0.3, -0.25) is 9.52 Å². The zero-order valence-corrected chi connectivity index (χ0v) is 18.8. The first-order valence-corrected chi connectivity index (χ1v) is 11.7. The number of hydrogen-bond acceptors (Lipinski definition) is 5. The second-order valence-corrected chi connectivity index (χ2v) is 9.40. The number of benzene rings is 3. The fourth-order valence-electron chi connectivity index (χ4n) is 3.28. The van der Waals surface area contributed by atoms with Gasteiger partial charge < -0.3 is 14.4 Å². The predicted octanol–water partition coefficient (Wildman–Crippen LogP) is 4.18. The van der Waals surface area contributed by atoms with E-state index in [1.807, 2.05) is 18.2 Å². The quantitative estimate of drug-likeness (QED) is 0.581. The van der Waals surface area contributed by atoms with E-state index in [9.17, 15) is 13.2 Å². The molecule has 0 fully saturated rings. The van der Waals surface area contributed by atoms with Crippen LogP contribution in [0.4, 0.5) is 5.69 Å². The maximum atomic E-state index is 13.0. The number of fused-ring (bicyclic) bond motifs is 1. The van der Waals surface area contributed by atoms with Crippen LogP contribution in [0.5, 0.6) is 11.5 Å². The summed E-state index contributed by atoms with van der Waals surface area (Å²) in [6.45, 7) is 1.32. The van der Waals surface area contributed by atoms with E-state index in [1.165, 1.54) is 17.0 Å². The third kappa shape index (κ3) is 4.98. The van der Waals surface area contributed by atoms with E-state index in [-0.39, 0.29) is 16.4 Å². The second-order valence-electron chi connectivity index (χ2n) is 7.28. The van der Waals surface area contributed by atoms with Gasteiger partial charge in [-0.15, -0.1) is 0 Å². The van der Waals surface area contributed by atoms with Crippen LogP contribution in [-0.2, 0) is 16.6 Å². The lowest BCUT2D eigenvalue weighted by atomic mass is 10.1. The van der Waals surface area contributed by atoms with Crippen LogP contribution in [0.3, 0.4) is 0 Å². The largest absolute Gasteiger partial charge is 0.486 e. The van der Waals surface area contributed by atoms with E-state index >= 15 is 0 Å². The highest BCUT2D eigenvalue weighted by atomic mass is 35.5. The molecule has 1 amide bonds. The Balaban J connectivity index is 1.49. The molecule has 0 aliphatic carbocycles. The molecule has 3 aromatic rings. The van der Waals surface area contributed by atoms with Crippen molar-refractivity contribution in [3.63, 3.8) is 0 Å². The molecular formula is C23H21ClN2O5S. The van der Waals surface area contributed by atoms with Gasteiger partial charge in [0.05, 0.1) is 4.90 Å². The Morgan fingerprint density at radius 1 is 1.00 bits per heavy atom. The molecule has 166 valence electrons. The maximum Gasteiger partial charge on any atom is 0.261 e. The van der Waals surface area contributed by atoms with Crippen molar-refractivity contribution in [1.29, 1.82) is 0 Å². The first-order valence-electron chi connectivity index (χ1n) is 9.84. The molecule has 7 nitrogen and oxygen atoms in total. The number of hydrogen-bond donors (Lipinski definition) is 1. The summed E-state index contributed by atoms with van der Waals surface area (Å²) in [7, 11) is -2.21. The molecule has 0 saturated carbocycles. The fraction of sp³-hybridized carbons (Fsp3) is 0.174. The third-order valence-corrected chi connectivity index (χ3v) is 6.49. The maximum absolute atomic E-state index is 13.0. The Bertz CT molecular complexity index is 1250. The number of anilines is 1. The molecule has 1 aliphatic rings. The van der Waals surface area contributed by atoms with Gasteiger partial charge in [-0.1, -0.05) is 23.7 Å². The molecule has 1 N–H and O–H groups in total. The second kappa shape index (κ2) is 9.10. The Hall–Kier alpha value is -3.23. The number of sulfonamides is 1. The van der Waals surface area contributed by atoms with Gasteiger partial charge in [0.25, 0.3) is 15.9 Å². The minimum atomic E-state index is -3.87. The first kappa shape index (κ1) is 22.0. The predicted molar refractivity (Wildman–Crippen MR) is 122 cm³/mol. The molecule has 1 heterocycles. The zero-order chi connectivity index (χ0) is 22.7. The normalized spacial score (nSPS) is 12.8. The average Bonchev–Trinajstić information content (AvgIpc) is 2.80. The molecule has 0 atom stereocenters. The number of nitrogens with one attached hydrogen (secondary N) is 1. The first-order chi connectivity index (χ1) is 15.3. The van der Waals surface area contributed by atoms with Crippen molar-refractivity contribution >= 4 is 33.2 Å². The summed E-state index contributed by atoms with van der Waals surface area (Å²) in [5, 5.41) is 0.501. The van der Waals surface area contributed by atoms with Crippen LogP contribution in [0.25, 0.3) is 0 Å². The topological polar surface area (TPSA) is 84.9 Å². The lowest BCUT2D eigenvalue weighted by Crippen LogP contribution is -2.26. The lowest BCUT2D eigenvalue weighted by molar-refractivity contribution is 0.0784. The van der Waals surface area contributed by atoms with Crippen molar-refractivity contribution in [2.75, 3.05) is 25.0 Å². The van der Waals surface area contributed by atoms with E-state index in [2.05, 4.69) is 4.72 Å². The summed E-state index contributed by atoms with van der Waals surface area (Å²) < 4.78 is 39.1. The minimum absolute atomic E-state index is 0.00831. The molecule has 0 saturated heterocycles. The van der Waals surface area contributed by atoms with E-state index in [1.54, 1.807) is 43.4 Å². The molecule has 0 spiro atoms. The number of nitrogens with zero attached hydrogens (tertiary/aromatic N) is 1. The zero-order valence-electron chi connectivity index (χ0n) is 17.2. The molecule has 0 bridgehead atoms. The van der Waals surface area contributed by atoms with E-state index < -0.39 is 10.0 Å². The minimum Gasteiger partial charge on any atom is -0.486 e. The molecule has 4 rings (SSSR count). The monoisotopic (exact) mass is 472 g/mol. The Morgan fingerprint density at radius 3 is 2.47 bits per heavy atom. The van der Waals surface area contributed by atoms with Crippen molar-refractivity contribution in [1.82, 2.24) is 4.90 Å². The molecular weight excluding hydrogens is 452 g/mol. The third-order valence-electron chi connectivity index (χ3n) is 4.86. The summed E-state index contributed by atoms with van der Waals surface area (Å²) in [5.74, 6) is 1.03. The van der Waals surface area contributed by atoms with Gasteiger partial charge in [0.2, 0.25) is 0 Å². The smallest absolute Gasteiger partial charge is 0.261 e. The van der Waals surface area contributed by atoms with E-state index in [0.717, 1.165) is 5.56 Å². The van der Waals surface area contributed by atoms with Gasteiger partial charge in [-0.05, 0) is 60.2 Å². The van der Waals surface area contributed by atoms with Crippen molar-refractivity contribution in [3.05, 3.63) is 82.9 Å². The number of rotatable bonds is 6. The molecule has 0 radical (unpaired) electrons. The Morgan fingerprint density at radius 2 is 1.72 bits per heavy atom. The SMILES string of the molecule is CN(Cc1ccc2c(c1)OCCO2)C(=O)c1cccc(S(=O)(=O)Nc2ccc(Cl)cc2)c1. The summed E-state index contributed by atoms with van der Waals surface area (Å²) in [6.07, 6.45) is 0. The van der Waals surface area contributed by atoms with E-state index in [0.29, 0.717) is 42.0 Å². The van der Waals surface area contributed by atoms with Gasteiger partial charge >= 0.3 is 0 Å². The van der Waals surface area contributed by atoms with Crippen molar-refractivity contribution in [3.8, 4) is 11.5 Å². The lowest BCUT2D eigenvalue weighted by Gasteiger charge is -2.21. The highest BCUT2D eigenvalue weighted by Crippen LogP contribution is 2.31. The van der Waals surface area contributed by atoms with Crippen LogP contribution in [-0.4, -0.2) is 39.5 Å². The standard InChI is InChI=1S/C23H21ClN2O5S/c1-26(15-16-5-10-21-22(13-16)31-12-11-30-21)23(27)17-3-2-4-20(14-17)32(28,29)25-19-8-6-18(24)7-9-19/h2-10,13-14,25H,11-12,15H2,1H3. The summed E-state index contributed by atoms with van der Waals surface area (Å²) >= 11 is 5.85. The van der Waals surface area contributed by atoms with Crippen molar-refractivity contribution < 1.29 is 22.7 Å². The van der Waals surface area contributed by atoms with Crippen molar-refractivity contribution in [2.45, 2.75) is 11.4 Å². The summed E-state index contributed by atoms with van der Waals surface area (Å²) in [5.41, 5.74) is 1.52. The van der Waals surface area contributed by atoms with Crippen LogP contribution in [0.2, 0.25) is 5.02 Å². The van der Waals surface area contributed by atoms with E-state index in [4.69, 9.17) is 21.1 Å². The van der Waals surface area contributed by atoms with Crippen LogP contribution in [0, 0.1) is 0 Å². The molecule has 0 aromatic heterocycles. The molecule has 1 aliphatic heterocycles. The van der Waals surface area contributed by atoms with Gasteiger partial charge in [0.1, 0.15) is 13.2 Å². The molecule has 9 heteroatoms. The Labute approximate surface area is 191 Å². The number of carbonyl (C=O) groups is 1.